The van der Waals surface area contributed by atoms with Crippen LogP contribution in [-0.4, -0.2) is 54.0 Å². The molecule has 0 bridgehead atoms. The Labute approximate surface area is 161 Å². The van der Waals surface area contributed by atoms with Crippen molar-refractivity contribution in [2.24, 2.45) is 23.3 Å². The molecule has 1 saturated carbocycles. The van der Waals surface area contributed by atoms with E-state index in [1.54, 1.807) is 0 Å². The molecule has 0 saturated heterocycles. The van der Waals surface area contributed by atoms with Crippen LogP contribution in [0.5, 0.6) is 0 Å². The molecular weight excluding hydrogens is 348 g/mol. The zero-order chi connectivity index (χ0) is 20.4. The van der Waals surface area contributed by atoms with Crippen molar-refractivity contribution >= 4 is 17.6 Å². The highest BCUT2D eigenvalue weighted by Gasteiger charge is 2.30. The standard InChI is InChI=1S/C19H36N4O4/c1-12(24)16(11-21)22-19(27)17(13(2)25)23-18(26)15(10-20)9-8-14-6-4-3-5-7-14/h13-17,25H,3-11,20-21H2,1-2H3,(H,22,27)(H,23,26)/t13-,15?,16-,17-/m0/s1. The molecule has 27 heavy (non-hydrogen) atoms. The number of rotatable bonds is 11. The molecule has 0 radical (unpaired) electrons. The lowest BCUT2D eigenvalue weighted by atomic mass is 9.84. The maximum atomic E-state index is 12.6. The maximum absolute atomic E-state index is 12.6. The molecular formula is C19H36N4O4. The third-order valence-corrected chi connectivity index (χ3v) is 5.41. The van der Waals surface area contributed by atoms with Gasteiger partial charge in [-0.3, -0.25) is 14.4 Å². The summed E-state index contributed by atoms with van der Waals surface area (Å²) in [6.45, 7) is 2.87. The number of aliphatic hydroxyl groups excluding tert-OH is 1. The Kier molecular flexibility index (Phi) is 10.5. The zero-order valence-electron chi connectivity index (χ0n) is 16.6. The van der Waals surface area contributed by atoms with Crippen LogP contribution in [0, 0.1) is 11.8 Å². The van der Waals surface area contributed by atoms with Crippen LogP contribution in [0.25, 0.3) is 0 Å². The Balaban J connectivity index is 2.62. The van der Waals surface area contributed by atoms with Crippen LogP contribution in [0.3, 0.4) is 0 Å². The van der Waals surface area contributed by atoms with Gasteiger partial charge in [-0.05, 0) is 32.6 Å². The minimum absolute atomic E-state index is 0.0473. The molecule has 1 fully saturated rings. The van der Waals surface area contributed by atoms with E-state index in [1.165, 1.54) is 46.0 Å². The van der Waals surface area contributed by atoms with Crippen molar-refractivity contribution in [3.05, 3.63) is 0 Å². The zero-order valence-corrected chi connectivity index (χ0v) is 16.6. The Bertz CT molecular complexity index is 492. The van der Waals surface area contributed by atoms with E-state index in [-0.39, 0.29) is 24.8 Å². The van der Waals surface area contributed by atoms with Gasteiger partial charge in [-0.1, -0.05) is 32.1 Å². The highest BCUT2D eigenvalue weighted by atomic mass is 16.3. The van der Waals surface area contributed by atoms with Gasteiger partial charge < -0.3 is 27.2 Å². The Hall–Kier alpha value is -1.51. The first-order chi connectivity index (χ1) is 12.8. The molecule has 0 aliphatic heterocycles. The van der Waals surface area contributed by atoms with Crippen molar-refractivity contribution in [2.75, 3.05) is 13.1 Å². The van der Waals surface area contributed by atoms with Gasteiger partial charge in [-0.25, -0.2) is 0 Å². The first-order valence-electron chi connectivity index (χ1n) is 9.99. The molecule has 1 unspecified atom stereocenters. The number of nitrogens with two attached hydrogens (primary N) is 2. The molecule has 2 amide bonds. The lowest BCUT2D eigenvalue weighted by molar-refractivity contribution is -0.134. The topological polar surface area (TPSA) is 148 Å². The van der Waals surface area contributed by atoms with E-state index in [0.717, 1.165) is 6.42 Å². The molecule has 1 aliphatic carbocycles. The lowest BCUT2D eigenvalue weighted by Gasteiger charge is -2.26. The monoisotopic (exact) mass is 384 g/mol. The molecule has 8 nitrogen and oxygen atoms in total. The quantitative estimate of drug-likeness (QED) is 0.334. The van der Waals surface area contributed by atoms with Gasteiger partial charge in [0.2, 0.25) is 11.8 Å². The molecule has 1 rings (SSSR count). The summed E-state index contributed by atoms with van der Waals surface area (Å²) in [5.41, 5.74) is 11.3. The fourth-order valence-corrected chi connectivity index (χ4v) is 3.53. The van der Waals surface area contributed by atoms with E-state index in [9.17, 15) is 19.5 Å². The van der Waals surface area contributed by atoms with Crippen LogP contribution in [0.4, 0.5) is 0 Å². The van der Waals surface area contributed by atoms with Crippen molar-refractivity contribution in [2.45, 2.75) is 77.0 Å². The smallest absolute Gasteiger partial charge is 0.245 e. The Morgan fingerprint density at radius 2 is 1.67 bits per heavy atom. The molecule has 156 valence electrons. The van der Waals surface area contributed by atoms with Gasteiger partial charge in [-0.2, -0.15) is 0 Å². The number of carbonyl (C=O) groups is 3. The van der Waals surface area contributed by atoms with E-state index in [2.05, 4.69) is 10.6 Å². The Morgan fingerprint density at radius 3 is 2.15 bits per heavy atom. The predicted octanol–water partition coefficient (Wildman–Crippen LogP) is -0.180. The van der Waals surface area contributed by atoms with Crippen molar-refractivity contribution in [1.29, 1.82) is 0 Å². The molecule has 4 atom stereocenters. The number of hydrogen-bond acceptors (Lipinski definition) is 6. The van der Waals surface area contributed by atoms with Gasteiger partial charge in [-0.15, -0.1) is 0 Å². The van der Waals surface area contributed by atoms with E-state index in [0.29, 0.717) is 12.3 Å². The number of ketones is 1. The third kappa shape index (κ3) is 7.94. The summed E-state index contributed by atoms with van der Waals surface area (Å²) in [4.78, 5) is 36.4. The highest BCUT2D eigenvalue weighted by molar-refractivity contribution is 5.92. The molecule has 1 aliphatic rings. The molecule has 0 aromatic rings. The van der Waals surface area contributed by atoms with E-state index < -0.39 is 30.0 Å². The summed E-state index contributed by atoms with van der Waals surface area (Å²) < 4.78 is 0. The maximum Gasteiger partial charge on any atom is 0.245 e. The van der Waals surface area contributed by atoms with Gasteiger partial charge in [0.1, 0.15) is 6.04 Å². The number of amides is 2. The van der Waals surface area contributed by atoms with Crippen molar-refractivity contribution in [3.63, 3.8) is 0 Å². The van der Waals surface area contributed by atoms with Gasteiger partial charge in [0.15, 0.2) is 5.78 Å². The summed E-state index contributed by atoms with van der Waals surface area (Å²) in [6, 6.07) is -2.00. The fourth-order valence-electron chi connectivity index (χ4n) is 3.53. The van der Waals surface area contributed by atoms with Crippen LogP contribution in [0.2, 0.25) is 0 Å². The lowest BCUT2D eigenvalue weighted by Crippen LogP contribution is -2.58. The van der Waals surface area contributed by atoms with Crippen molar-refractivity contribution in [3.8, 4) is 0 Å². The van der Waals surface area contributed by atoms with Gasteiger partial charge >= 0.3 is 0 Å². The average Bonchev–Trinajstić information content (AvgIpc) is 2.64. The van der Waals surface area contributed by atoms with E-state index in [4.69, 9.17) is 11.5 Å². The van der Waals surface area contributed by atoms with Crippen molar-refractivity contribution in [1.82, 2.24) is 10.6 Å². The normalized spacial score (nSPS) is 19.6. The molecule has 0 aromatic carbocycles. The van der Waals surface area contributed by atoms with Crippen LogP contribution >= 0.6 is 0 Å². The van der Waals surface area contributed by atoms with Crippen LogP contribution < -0.4 is 22.1 Å². The number of nitrogens with one attached hydrogen (secondary N) is 2. The van der Waals surface area contributed by atoms with Crippen LogP contribution in [-0.2, 0) is 14.4 Å². The molecule has 0 spiro atoms. The predicted molar refractivity (Wildman–Crippen MR) is 104 cm³/mol. The minimum atomic E-state index is -1.16. The summed E-state index contributed by atoms with van der Waals surface area (Å²) in [5.74, 6) is -1.03. The molecule has 0 aromatic heterocycles. The first-order valence-corrected chi connectivity index (χ1v) is 9.99. The number of carbonyl (C=O) groups excluding carboxylic acids is 3. The van der Waals surface area contributed by atoms with Crippen molar-refractivity contribution < 1.29 is 19.5 Å². The second kappa shape index (κ2) is 12.0. The third-order valence-electron chi connectivity index (χ3n) is 5.41. The van der Waals surface area contributed by atoms with Gasteiger partial charge in [0, 0.05) is 13.1 Å². The molecule has 0 heterocycles. The molecule has 8 heteroatoms. The average molecular weight is 385 g/mol. The van der Waals surface area contributed by atoms with E-state index >= 15 is 0 Å². The first kappa shape index (κ1) is 23.5. The minimum Gasteiger partial charge on any atom is -0.391 e. The molecule has 7 N–H and O–H groups in total. The Morgan fingerprint density at radius 1 is 1.04 bits per heavy atom. The second-order valence-electron chi connectivity index (χ2n) is 7.65. The van der Waals surface area contributed by atoms with E-state index in [1.807, 2.05) is 0 Å². The van der Waals surface area contributed by atoms with Crippen LogP contribution in [0.15, 0.2) is 0 Å². The summed E-state index contributed by atoms with van der Waals surface area (Å²) in [6.07, 6.45) is 6.66. The van der Waals surface area contributed by atoms with Gasteiger partial charge in [0.05, 0.1) is 18.1 Å². The number of aliphatic hydroxyl groups is 1. The number of hydrogen-bond donors (Lipinski definition) is 5. The SMILES string of the molecule is CC(=O)[C@H](CN)NC(=O)[C@@H](NC(=O)C(CN)CCC1CCCCC1)[C@H](C)O. The largest absolute Gasteiger partial charge is 0.391 e. The summed E-state index contributed by atoms with van der Waals surface area (Å²) >= 11 is 0. The summed E-state index contributed by atoms with van der Waals surface area (Å²) in [7, 11) is 0. The number of Topliss-reactive ketones (excluding diaryl/α,β-unsaturated/α-hetero) is 1. The highest BCUT2D eigenvalue weighted by Crippen LogP contribution is 2.28. The second-order valence-corrected chi connectivity index (χ2v) is 7.65. The van der Waals surface area contributed by atoms with Gasteiger partial charge in [0.25, 0.3) is 0 Å². The summed E-state index contributed by atoms with van der Waals surface area (Å²) in [5, 5.41) is 15.0. The fraction of sp³-hybridized carbons (Fsp3) is 0.842. The van der Waals surface area contributed by atoms with Crippen LogP contribution in [0.1, 0.15) is 58.8 Å².